The molecular formula is C17H12N2O7S2. The third-order valence-electron chi connectivity index (χ3n) is 4.77. The van der Waals surface area contributed by atoms with Gasteiger partial charge in [0.25, 0.3) is 20.2 Å². The molecule has 0 bridgehead atoms. The molecule has 2 aliphatic rings. The topological polar surface area (TPSA) is 150 Å². The van der Waals surface area contributed by atoms with E-state index >= 15 is 0 Å². The molecule has 0 amide bonds. The van der Waals surface area contributed by atoms with E-state index < -0.39 is 36.1 Å². The molecule has 3 aromatic rings. The Morgan fingerprint density at radius 3 is 2.43 bits per heavy atom. The molecule has 1 aliphatic heterocycles. The second kappa shape index (κ2) is 5.35. The van der Waals surface area contributed by atoms with Gasteiger partial charge in [0.1, 0.15) is 4.91 Å². The van der Waals surface area contributed by atoms with Crippen molar-refractivity contribution in [2.45, 2.75) is 11.0 Å². The lowest BCUT2D eigenvalue weighted by atomic mass is 9.96. The Bertz CT molecular complexity index is 1540. The zero-order chi connectivity index (χ0) is 19.8. The van der Waals surface area contributed by atoms with E-state index in [9.17, 15) is 25.9 Å². The summed E-state index contributed by atoms with van der Waals surface area (Å²) in [7, 11) is -9.39. The molecule has 1 aromatic carbocycles. The van der Waals surface area contributed by atoms with Crippen LogP contribution in [0.2, 0.25) is 0 Å². The fourth-order valence-electron chi connectivity index (χ4n) is 3.70. The summed E-state index contributed by atoms with van der Waals surface area (Å²) in [6, 6.07) is 4.94. The first-order valence-electron chi connectivity index (χ1n) is 8.01. The molecule has 4 N–H and O–H groups in total. The van der Waals surface area contributed by atoms with Gasteiger partial charge in [-0.25, -0.2) is 0 Å². The van der Waals surface area contributed by atoms with Crippen LogP contribution in [0.3, 0.4) is 0 Å². The lowest BCUT2D eigenvalue weighted by molar-refractivity contribution is 0.285. The highest BCUT2D eigenvalue weighted by molar-refractivity contribution is 7.95. The number of nitrogens with one attached hydrogen (secondary N) is 2. The molecule has 9 nitrogen and oxygen atoms in total. The first-order chi connectivity index (χ1) is 13.1. The summed E-state index contributed by atoms with van der Waals surface area (Å²) in [6.07, 6.45) is 5.01. The predicted octanol–water partition coefficient (Wildman–Crippen LogP) is 0.377. The number of fused-ring (bicyclic) bond motifs is 4. The van der Waals surface area contributed by atoms with Gasteiger partial charge in [-0.15, -0.1) is 0 Å². The predicted molar refractivity (Wildman–Crippen MR) is 100.0 cm³/mol. The van der Waals surface area contributed by atoms with E-state index in [1.165, 1.54) is 12.4 Å². The van der Waals surface area contributed by atoms with E-state index in [0.29, 0.717) is 21.7 Å². The van der Waals surface area contributed by atoms with Gasteiger partial charge in [0.05, 0.1) is 10.9 Å². The molecule has 0 saturated heterocycles. The number of rotatable bonds is 2. The van der Waals surface area contributed by atoms with E-state index in [-0.39, 0.29) is 16.6 Å². The molecule has 1 atom stereocenters. The van der Waals surface area contributed by atoms with Gasteiger partial charge < -0.3 is 14.7 Å². The molecular weight excluding hydrogens is 408 g/mol. The first-order valence-corrected chi connectivity index (χ1v) is 10.9. The summed E-state index contributed by atoms with van der Waals surface area (Å²) in [5.74, 6) is -0.198. The quantitative estimate of drug-likeness (QED) is 0.438. The number of aromatic amines is 2. The van der Waals surface area contributed by atoms with Crippen molar-refractivity contribution in [2.24, 2.45) is 0 Å². The molecule has 1 unspecified atom stereocenters. The maximum atomic E-state index is 12.1. The normalized spacial score (nSPS) is 18.6. The van der Waals surface area contributed by atoms with E-state index in [0.717, 1.165) is 0 Å². The lowest BCUT2D eigenvalue weighted by Crippen LogP contribution is -2.41. The number of benzene rings is 1. The van der Waals surface area contributed by atoms with Gasteiger partial charge in [-0.1, -0.05) is 0 Å². The highest BCUT2D eigenvalue weighted by atomic mass is 32.2. The van der Waals surface area contributed by atoms with Crippen LogP contribution in [-0.2, 0) is 20.2 Å². The average molecular weight is 420 g/mol. The molecule has 0 spiro atoms. The summed E-state index contributed by atoms with van der Waals surface area (Å²) in [4.78, 5) is 4.57. The monoisotopic (exact) mass is 420 g/mol. The van der Waals surface area contributed by atoms with Crippen LogP contribution >= 0.6 is 0 Å². The molecule has 0 saturated carbocycles. The number of hydrogen-bond acceptors (Lipinski definition) is 5. The van der Waals surface area contributed by atoms with E-state index in [1.807, 2.05) is 0 Å². The third kappa shape index (κ3) is 2.37. The standard InChI is InChI=1S/C17H12N2O7S2/c20-27(21,22)16-12-8(1-3-18-12)5-10-7-11-6-9-2-4-19-13(9)17(28(23,24)25)15(11)26-14(10)16/h1-7,14,18-19H,(H,20,21,22)(H,23,24,25). The fourth-order valence-corrected chi connectivity index (χ4v) is 5.43. The zero-order valence-corrected chi connectivity index (χ0v) is 15.5. The number of hydrogen-bond donors (Lipinski definition) is 4. The molecule has 5 rings (SSSR count). The van der Waals surface area contributed by atoms with Crippen LogP contribution in [0.15, 0.2) is 41.1 Å². The fraction of sp³-hybridized carbons (Fsp3) is 0.0588. The van der Waals surface area contributed by atoms with Gasteiger partial charge in [-0.3, -0.25) is 9.11 Å². The van der Waals surface area contributed by atoms with Crippen LogP contribution in [-0.4, -0.2) is 42.0 Å². The smallest absolute Gasteiger partial charge is 0.300 e. The van der Waals surface area contributed by atoms with Crippen LogP contribution in [0.1, 0.15) is 5.56 Å². The molecule has 1 aliphatic carbocycles. The summed E-state index contributed by atoms with van der Waals surface area (Å²) in [5, 5.41) is 1.23. The van der Waals surface area contributed by atoms with Crippen molar-refractivity contribution in [3.8, 4) is 5.75 Å². The molecule has 2 aromatic heterocycles. The second-order valence-electron chi connectivity index (χ2n) is 6.47. The minimum Gasteiger partial charge on any atom is -0.478 e. The molecule has 28 heavy (non-hydrogen) atoms. The summed E-state index contributed by atoms with van der Waals surface area (Å²) < 4.78 is 73.6. The first kappa shape index (κ1) is 17.3. The molecule has 3 heterocycles. The molecule has 0 radical (unpaired) electrons. The van der Waals surface area contributed by atoms with Gasteiger partial charge in [0, 0.05) is 28.6 Å². The minimum absolute atomic E-state index is 0.131. The summed E-state index contributed by atoms with van der Waals surface area (Å²) in [6.45, 7) is 0. The average Bonchev–Trinajstić information content (AvgIpc) is 3.21. The van der Waals surface area contributed by atoms with Crippen LogP contribution < -0.4 is 15.3 Å². The molecule has 11 heteroatoms. The van der Waals surface area contributed by atoms with Crippen LogP contribution in [0.4, 0.5) is 0 Å². The van der Waals surface area contributed by atoms with Crippen molar-refractivity contribution in [1.82, 2.24) is 9.97 Å². The van der Waals surface area contributed by atoms with Crippen molar-refractivity contribution in [1.29, 1.82) is 0 Å². The Morgan fingerprint density at radius 2 is 1.71 bits per heavy atom. The van der Waals surface area contributed by atoms with E-state index in [2.05, 4.69) is 9.97 Å². The van der Waals surface area contributed by atoms with E-state index in [4.69, 9.17) is 4.74 Å². The van der Waals surface area contributed by atoms with Gasteiger partial charge >= 0.3 is 0 Å². The highest BCUT2D eigenvalue weighted by Crippen LogP contribution is 2.42. The molecule has 144 valence electrons. The SMILES string of the molecule is O=S(=O)(O)C1=c2[nH]ccc2=CC2=Cc3cc4cc[nH]c4c(S(=O)(=O)O)c3OC21. The summed E-state index contributed by atoms with van der Waals surface area (Å²) >= 11 is 0. The Kier molecular flexibility index (Phi) is 3.30. The Morgan fingerprint density at radius 1 is 0.964 bits per heavy atom. The van der Waals surface area contributed by atoms with Crippen LogP contribution in [0.5, 0.6) is 5.75 Å². The highest BCUT2D eigenvalue weighted by Gasteiger charge is 2.38. The van der Waals surface area contributed by atoms with Gasteiger partial charge in [0.15, 0.2) is 16.7 Å². The summed E-state index contributed by atoms with van der Waals surface area (Å²) in [5.41, 5.74) is 0.908. The maximum Gasteiger partial charge on any atom is 0.300 e. The molecule has 0 fully saturated rings. The van der Waals surface area contributed by atoms with Gasteiger partial charge in [-0.2, -0.15) is 16.8 Å². The largest absolute Gasteiger partial charge is 0.478 e. The zero-order valence-electron chi connectivity index (χ0n) is 13.9. The van der Waals surface area contributed by atoms with Gasteiger partial charge in [0.2, 0.25) is 0 Å². The Labute approximate surface area is 158 Å². The van der Waals surface area contributed by atoms with Crippen molar-refractivity contribution in [2.75, 3.05) is 0 Å². The van der Waals surface area contributed by atoms with Crippen LogP contribution in [0, 0.1) is 0 Å². The van der Waals surface area contributed by atoms with Crippen molar-refractivity contribution in [3.05, 3.63) is 52.3 Å². The van der Waals surface area contributed by atoms with Crippen molar-refractivity contribution in [3.63, 3.8) is 0 Å². The van der Waals surface area contributed by atoms with E-state index in [1.54, 1.807) is 30.4 Å². The Balaban J connectivity index is 1.89. The van der Waals surface area contributed by atoms with Crippen molar-refractivity contribution >= 4 is 48.2 Å². The number of aromatic nitrogens is 2. The van der Waals surface area contributed by atoms with Crippen LogP contribution in [0.25, 0.3) is 28.0 Å². The van der Waals surface area contributed by atoms with Crippen molar-refractivity contribution < 1.29 is 30.7 Å². The number of H-pyrrole nitrogens is 2. The number of ether oxygens (including phenoxy) is 1. The second-order valence-corrected chi connectivity index (χ2v) is 9.22. The third-order valence-corrected chi connectivity index (χ3v) is 6.65. The Hall–Kier alpha value is -2.86. The minimum atomic E-state index is -4.71. The van der Waals surface area contributed by atoms with Gasteiger partial charge in [-0.05, 0) is 35.9 Å². The lowest BCUT2D eigenvalue weighted by Gasteiger charge is -2.29. The maximum absolute atomic E-state index is 12.1.